The number of nitrogens with zero attached hydrogens (tertiary/aromatic N) is 2. The molecule has 0 atom stereocenters. The number of para-hydroxylation sites is 1. The minimum atomic E-state index is -0.346. The molecule has 0 radical (unpaired) electrons. The number of fused-ring (bicyclic) bond motifs is 2. The maximum atomic E-state index is 13.2. The van der Waals surface area contributed by atoms with Crippen LogP contribution in [-0.2, 0) is 17.6 Å². The van der Waals surface area contributed by atoms with E-state index in [1.807, 2.05) is 25.1 Å². The third-order valence-electron chi connectivity index (χ3n) is 4.78. The molecule has 3 aromatic rings. The first-order valence-corrected chi connectivity index (χ1v) is 9.74. The molecule has 1 aliphatic carbocycles. The van der Waals surface area contributed by atoms with Crippen LogP contribution in [0.15, 0.2) is 29.1 Å². The number of ether oxygens (including phenoxy) is 1. The van der Waals surface area contributed by atoms with Crippen LogP contribution in [0, 0.1) is 6.92 Å². The normalized spacial score (nSPS) is 13.6. The van der Waals surface area contributed by atoms with Crippen molar-refractivity contribution < 1.29 is 9.53 Å². The van der Waals surface area contributed by atoms with Crippen LogP contribution in [0.5, 0.6) is 0 Å². The highest BCUT2D eigenvalue weighted by Gasteiger charge is 2.28. The molecule has 0 spiro atoms. The van der Waals surface area contributed by atoms with Crippen LogP contribution in [-0.4, -0.2) is 22.1 Å². The van der Waals surface area contributed by atoms with Gasteiger partial charge < -0.3 is 4.74 Å². The molecule has 6 heteroatoms. The number of esters is 1. The zero-order valence-corrected chi connectivity index (χ0v) is 15.7. The van der Waals surface area contributed by atoms with Gasteiger partial charge in [-0.15, -0.1) is 11.3 Å². The quantitative estimate of drug-likeness (QED) is 0.660. The largest absolute Gasteiger partial charge is 0.462 e. The first kappa shape index (κ1) is 17.0. The summed E-state index contributed by atoms with van der Waals surface area (Å²) in [6, 6.07) is 7.31. The SMILES string of the molecule is CCOC(=O)c1c(-n2c(C)nc3ccccc3c2=O)sc2c1CCCC2. The molecule has 0 aliphatic heterocycles. The van der Waals surface area contributed by atoms with E-state index in [0.717, 1.165) is 31.2 Å². The van der Waals surface area contributed by atoms with E-state index in [0.29, 0.717) is 33.9 Å². The van der Waals surface area contributed by atoms with Crippen molar-refractivity contribution in [1.29, 1.82) is 0 Å². The van der Waals surface area contributed by atoms with Gasteiger partial charge >= 0.3 is 5.97 Å². The summed E-state index contributed by atoms with van der Waals surface area (Å²) in [7, 11) is 0. The number of aromatic nitrogens is 2. The van der Waals surface area contributed by atoms with Gasteiger partial charge in [0, 0.05) is 4.88 Å². The summed E-state index contributed by atoms with van der Waals surface area (Å²) in [5.41, 5.74) is 2.13. The lowest BCUT2D eigenvalue weighted by molar-refractivity contribution is 0.0525. The molecular weight excluding hydrogens is 348 g/mol. The van der Waals surface area contributed by atoms with Crippen LogP contribution in [0.25, 0.3) is 15.9 Å². The highest BCUT2D eigenvalue weighted by molar-refractivity contribution is 7.15. The summed E-state index contributed by atoms with van der Waals surface area (Å²) in [5, 5.41) is 1.20. The van der Waals surface area contributed by atoms with Gasteiger partial charge in [0.15, 0.2) is 0 Å². The third kappa shape index (κ3) is 2.65. The van der Waals surface area contributed by atoms with Crippen LogP contribution >= 0.6 is 11.3 Å². The Bertz CT molecular complexity index is 1060. The third-order valence-corrected chi connectivity index (χ3v) is 6.06. The minimum Gasteiger partial charge on any atom is -0.462 e. The zero-order valence-electron chi connectivity index (χ0n) is 14.9. The maximum absolute atomic E-state index is 13.2. The Hall–Kier alpha value is -2.47. The lowest BCUT2D eigenvalue weighted by Gasteiger charge is -2.13. The van der Waals surface area contributed by atoms with E-state index in [-0.39, 0.29) is 11.5 Å². The standard InChI is InChI=1S/C20H20N2O3S/c1-3-25-20(24)17-14-9-5-7-11-16(14)26-19(17)22-12(2)21-15-10-6-4-8-13(15)18(22)23/h4,6,8,10H,3,5,7,9,11H2,1-2H3. The van der Waals surface area contributed by atoms with Gasteiger partial charge in [-0.2, -0.15) is 0 Å². The second kappa shape index (κ2) is 6.68. The molecule has 0 N–H and O–H groups in total. The van der Waals surface area contributed by atoms with E-state index in [1.54, 1.807) is 17.6 Å². The molecule has 0 amide bonds. The van der Waals surface area contributed by atoms with Crippen molar-refractivity contribution in [2.45, 2.75) is 39.5 Å². The molecule has 0 unspecified atom stereocenters. The fourth-order valence-corrected chi connectivity index (χ4v) is 5.03. The predicted octanol–water partition coefficient (Wildman–Crippen LogP) is 3.81. The van der Waals surface area contributed by atoms with Crippen molar-refractivity contribution in [1.82, 2.24) is 9.55 Å². The molecule has 26 heavy (non-hydrogen) atoms. The monoisotopic (exact) mass is 368 g/mol. The number of rotatable bonds is 3. The number of carbonyl (C=O) groups excluding carboxylic acids is 1. The van der Waals surface area contributed by atoms with Gasteiger partial charge in [-0.25, -0.2) is 9.78 Å². The Balaban J connectivity index is 2.02. The van der Waals surface area contributed by atoms with Crippen LogP contribution in [0.2, 0.25) is 0 Å². The lowest BCUT2D eigenvalue weighted by atomic mass is 9.95. The number of benzene rings is 1. The second-order valence-electron chi connectivity index (χ2n) is 6.43. The van der Waals surface area contributed by atoms with Gasteiger partial charge in [-0.05, 0) is 57.2 Å². The Morgan fingerprint density at radius 3 is 2.85 bits per heavy atom. The summed E-state index contributed by atoms with van der Waals surface area (Å²) in [5.74, 6) is 0.235. The number of carbonyl (C=O) groups is 1. The molecule has 0 bridgehead atoms. The average molecular weight is 368 g/mol. The molecule has 0 saturated carbocycles. The second-order valence-corrected chi connectivity index (χ2v) is 7.51. The Kier molecular flexibility index (Phi) is 4.36. The van der Waals surface area contributed by atoms with Crippen molar-refractivity contribution in [3.63, 3.8) is 0 Å². The predicted molar refractivity (Wildman–Crippen MR) is 103 cm³/mol. The molecule has 2 aromatic heterocycles. The highest BCUT2D eigenvalue weighted by atomic mass is 32.1. The van der Waals surface area contributed by atoms with Gasteiger partial charge in [0.25, 0.3) is 5.56 Å². The molecule has 134 valence electrons. The van der Waals surface area contributed by atoms with E-state index in [9.17, 15) is 9.59 Å². The van der Waals surface area contributed by atoms with Gasteiger partial charge in [0.1, 0.15) is 10.8 Å². The first-order valence-electron chi connectivity index (χ1n) is 8.92. The maximum Gasteiger partial charge on any atom is 0.341 e. The highest BCUT2D eigenvalue weighted by Crippen LogP contribution is 2.37. The summed E-state index contributed by atoms with van der Waals surface area (Å²) in [4.78, 5) is 31.7. The lowest BCUT2D eigenvalue weighted by Crippen LogP contribution is -2.23. The van der Waals surface area contributed by atoms with E-state index in [4.69, 9.17) is 4.74 Å². The van der Waals surface area contributed by atoms with Crippen LogP contribution < -0.4 is 5.56 Å². The van der Waals surface area contributed by atoms with Crippen LogP contribution in [0.3, 0.4) is 0 Å². The summed E-state index contributed by atoms with van der Waals surface area (Å²) >= 11 is 1.53. The number of hydrogen-bond donors (Lipinski definition) is 0. The summed E-state index contributed by atoms with van der Waals surface area (Å²) in [6.07, 6.45) is 3.97. The van der Waals surface area contributed by atoms with Crippen molar-refractivity contribution in [3.05, 3.63) is 56.4 Å². The average Bonchev–Trinajstić information content (AvgIpc) is 3.01. The summed E-state index contributed by atoms with van der Waals surface area (Å²) in [6.45, 7) is 3.92. The van der Waals surface area contributed by atoms with Crippen molar-refractivity contribution >= 4 is 28.2 Å². The molecule has 1 aromatic carbocycles. The molecule has 5 nitrogen and oxygen atoms in total. The number of aryl methyl sites for hydroxylation is 2. The van der Waals surface area contributed by atoms with Gasteiger partial charge in [-0.1, -0.05) is 12.1 Å². The Labute approximate surface area is 155 Å². The molecule has 4 rings (SSSR count). The van der Waals surface area contributed by atoms with Crippen molar-refractivity contribution in [3.8, 4) is 5.00 Å². The molecule has 1 aliphatic rings. The van der Waals surface area contributed by atoms with Crippen LogP contribution in [0.1, 0.15) is 46.4 Å². The van der Waals surface area contributed by atoms with E-state index < -0.39 is 0 Å². The molecule has 0 fully saturated rings. The topological polar surface area (TPSA) is 61.2 Å². The first-order chi connectivity index (χ1) is 12.6. The smallest absolute Gasteiger partial charge is 0.341 e. The van der Waals surface area contributed by atoms with E-state index in [2.05, 4.69) is 4.98 Å². The molecule has 0 saturated heterocycles. The Morgan fingerprint density at radius 2 is 2.04 bits per heavy atom. The minimum absolute atomic E-state index is 0.141. The number of thiophene rings is 1. The van der Waals surface area contributed by atoms with Crippen molar-refractivity contribution in [2.24, 2.45) is 0 Å². The molecule has 2 heterocycles. The van der Waals surface area contributed by atoms with Crippen molar-refractivity contribution in [2.75, 3.05) is 6.61 Å². The van der Waals surface area contributed by atoms with E-state index in [1.165, 1.54) is 16.2 Å². The van der Waals surface area contributed by atoms with Crippen LogP contribution in [0.4, 0.5) is 0 Å². The van der Waals surface area contributed by atoms with E-state index >= 15 is 0 Å². The van der Waals surface area contributed by atoms with Gasteiger partial charge in [0.05, 0.1) is 23.1 Å². The number of hydrogen-bond acceptors (Lipinski definition) is 5. The Morgan fingerprint density at radius 1 is 1.27 bits per heavy atom. The fourth-order valence-electron chi connectivity index (χ4n) is 3.61. The molecular formula is C20H20N2O3S. The zero-order chi connectivity index (χ0) is 18.3. The summed E-state index contributed by atoms with van der Waals surface area (Å²) < 4.78 is 6.89. The fraction of sp³-hybridized carbons (Fsp3) is 0.350. The van der Waals surface area contributed by atoms with Gasteiger partial charge in [0.2, 0.25) is 0 Å². The van der Waals surface area contributed by atoms with Gasteiger partial charge in [-0.3, -0.25) is 9.36 Å².